The SMILES string of the molecule is O=CNC1C(=O)N2CC(CBr)(C(=O)O)C(Br)S(=O)[C@H]12. The third-order valence-electron chi connectivity index (χ3n) is 3.38. The van der Waals surface area contributed by atoms with Gasteiger partial charge in [0.1, 0.15) is 21.0 Å². The number of hydrogen-bond donors (Lipinski definition) is 2. The normalized spacial score (nSPS) is 41.2. The minimum atomic E-state index is -1.63. The van der Waals surface area contributed by atoms with Crippen LogP contribution in [-0.4, -0.2) is 60.0 Å². The summed E-state index contributed by atoms with van der Waals surface area (Å²) in [4.78, 5) is 34.9. The molecule has 10 heteroatoms. The number of halogens is 2. The number of fused-ring (bicyclic) bond motifs is 1. The first-order chi connectivity index (χ1) is 8.90. The van der Waals surface area contributed by atoms with Gasteiger partial charge in [-0.3, -0.25) is 18.6 Å². The molecular formula is C9H10Br2N2O5S. The van der Waals surface area contributed by atoms with E-state index in [4.69, 9.17) is 0 Å². The average Bonchev–Trinajstić information content (AvgIpc) is 2.39. The van der Waals surface area contributed by atoms with Crippen molar-refractivity contribution in [1.29, 1.82) is 0 Å². The molecule has 2 aliphatic rings. The molecule has 2 N–H and O–H groups in total. The van der Waals surface area contributed by atoms with Crippen molar-refractivity contribution in [3.63, 3.8) is 0 Å². The van der Waals surface area contributed by atoms with E-state index in [-0.39, 0.29) is 11.9 Å². The molecule has 5 atom stereocenters. The van der Waals surface area contributed by atoms with Crippen LogP contribution >= 0.6 is 31.9 Å². The number of hydrogen-bond acceptors (Lipinski definition) is 4. The van der Waals surface area contributed by atoms with E-state index in [1.807, 2.05) is 0 Å². The van der Waals surface area contributed by atoms with Crippen LogP contribution in [0.3, 0.4) is 0 Å². The molecule has 2 rings (SSSR count). The monoisotopic (exact) mass is 416 g/mol. The predicted octanol–water partition coefficient (Wildman–Crippen LogP) is -0.781. The van der Waals surface area contributed by atoms with Crippen LogP contribution in [0.25, 0.3) is 0 Å². The Kier molecular flexibility index (Phi) is 4.03. The van der Waals surface area contributed by atoms with Gasteiger partial charge >= 0.3 is 5.97 Å². The van der Waals surface area contributed by atoms with Gasteiger partial charge in [-0.2, -0.15) is 0 Å². The Morgan fingerprint density at radius 3 is 2.79 bits per heavy atom. The lowest BCUT2D eigenvalue weighted by Gasteiger charge is -2.54. The van der Waals surface area contributed by atoms with E-state index >= 15 is 0 Å². The van der Waals surface area contributed by atoms with Gasteiger partial charge < -0.3 is 15.3 Å². The van der Waals surface area contributed by atoms with Crippen LogP contribution in [0.15, 0.2) is 0 Å². The Labute approximate surface area is 127 Å². The molecule has 7 nitrogen and oxygen atoms in total. The van der Waals surface area contributed by atoms with E-state index in [1.54, 1.807) is 0 Å². The van der Waals surface area contributed by atoms with Gasteiger partial charge in [-0.15, -0.1) is 0 Å². The van der Waals surface area contributed by atoms with Crippen LogP contribution in [0.1, 0.15) is 0 Å². The van der Waals surface area contributed by atoms with Gasteiger partial charge in [0.2, 0.25) is 12.3 Å². The second-order valence-corrected chi connectivity index (χ2v) is 8.05. The number of carboxylic acids is 1. The number of amides is 2. The maximum atomic E-state index is 12.3. The zero-order chi connectivity index (χ0) is 14.4. The topological polar surface area (TPSA) is 104 Å². The summed E-state index contributed by atoms with van der Waals surface area (Å²) in [6, 6.07) is -0.833. The van der Waals surface area contributed by atoms with Crippen molar-refractivity contribution in [2.45, 2.75) is 15.6 Å². The third-order valence-corrected chi connectivity index (χ3v) is 8.23. The van der Waals surface area contributed by atoms with Crippen LogP contribution in [-0.2, 0) is 25.2 Å². The number of rotatable bonds is 4. The summed E-state index contributed by atoms with van der Waals surface area (Å²) in [5, 5.41) is 11.1. The minimum absolute atomic E-state index is 0.0459. The highest BCUT2D eigenvalue weighted by atomic mass is 79.9. The number of carbonyl (C=O) groups excluding carboxylic acids is 2. The fourth-order valence-electron chi connectivity index (χ4n) is 2.22. The highest BCUT2D eigenvalue weighted by molar-refractivity contribution is 9.11. The Morgan fingerprint density at radius 2 is 2.32 bits per heavy atom. The molecule has 0 saturated carbocycles. The molecule has 0 radical (unpaired) electrons. The van der Waals surface area contributed by atoms with Gasteiger partial charge in [-0.25, -0.2) is 0 Å². The first kappa shape index (κ1) is 14.9. The molecule has 0 aromatic rings. The number of carbonyl (C=O) groups is 3. The number of alkyl halides is 2. The van der Waals surface area contributed by atoms with Crippen molar-refractivity contribution in [3.8, 4) is 0 Å². The summed E-state index contributed by atoms with van der Waals surface area (Å²) in [5.41, 5.74) is -1.34. The van der Waals surface area contributed by atoms with Crippen LogP contribution < -0.4 is 5.32 Å². The van der Waals surface area contributed by atoms with Gasteiger partial charge in [0.15, 0.2) is 0 Å². The molecule has 2 amide bonds. The zero-order valence-corrected chi connectivity index (χ0v) is 13.4. The Bertz CT molecular complexity index is 476. The Hall–Kier alpha value is -0.480. The number of β-lactam (4-membered cyclic amide) rings is 1. The van der Waals surface area contributed by atoms with Crippen molar-refractivity contribution in [2.24, 2.45) is 5.41 Å². The lowest BCUT2D eigenvalue weighted by molar-refractivity contribution is -0.157. The molecule has 106 valence electrons. The zero-order valence-electron chi connectivity index (χ0n) is 9.42. The van der Waals surface area contributed by atoms with E-state index in [2.05, 4.69) is 37.2 Å². The summed E-state index contributed by atoms with van der Waals surface area (Å²) in [6.45, 7) is -0.0459. The van der Waals surface area contributed by atoms with Crippen LogP contribution in [0, 0.1) is 5.41 Å². The van der Waals surface area contributed by atoms with Gasteiger partial charge in [-0.05, 0) is 0 Å². The van der Waals surface area contributed by atoms with Crippen LogP contribution in [0.5, 0.6) is 0 Å². The van der Waals surface area contributed by atoms with Crippen LogP contribution in [0.2, 0.25) is 0 Å². The second-order valence-electron chi connectivity index (χ2n) is 4.36. The maximum absolute atomic E-state index is 12.3. The quantitative estimate of drug-likeness (QED) is 0.354. The van der Waals surface area contributed by atoms with E-state index in [1.165, 1.54) is 4.90 Å². The summed E-state index contributed by atoms with van der Waals surface area (Å²) >= 11 is 6.29. The molecule has 0 spiro atoms. The first-order valence-corrected chi connectivity index (χ1v) is 8.55. The van der Waals surface area contributed by atoms with E-state index in [0.29, 0.717) is 6.41 Å². The number of nitrogens with one attached hydrogen (secondary N) is 1. The maximum Gasteiger partial charge on any atom is 0.314 e. The van der Waals surface area contributed by atoms with Crippen LogP contribution in [0.4, 0.5) is 0 Å². The highest BCUT2D eigenvalue weighted by Gasteiger charge is 2.63. The summed E-state index contributed by atoms with van der Waals surface area (Å²) < 4.78 is 11.5. The lowest BCUT2D eigenvalue weighted by Crippen LogP contribution is -2.77. The molecule has 2 saturated heterocycles. The average molecular weight is 418 g/mol. The molecule has 2 heterocycles. The lowest BCUT2D eigenvalue weighted by atomic mass is 9.89. The summed E-state index contributed by atoms with van der Waals surface area (Å²) in [7, 11) is -1.63. The van der Waals surface area contributed by atoms with Gasteiger partial charge in [0.05, 0.1) is 10.8 Å². The van der Waals surface area contributed by atoms with Crippen molar-refractivity contribution in [3.05, 3.63) is 0 Å². The molecule has 0 aromatic carbocycles. The van der Waals surface area contributed by atoms with Gasteiger partial charge in [-0.1, -0.05) is 31.9 Å². The first-order valence-electron chi connectivity index (χ1n) is 5.23. The van der Waals surface area contributed by atoms with Crippen molar-refractivity contribution in [1.82, 2.24) is 10.2 Å². The smallest absolute Gasteiger partial charge is 0.314 e. The van der Waals surface area contributed by atoms with E-state index < -0.39 is 43.7 Å². The molecular weight excluding hydrogens is 408 g/mol. The number of aliphatic carboxylic acids is 1. The van der Waals surface area contributed by atoms with E-state index in [0.717, 1.165) is 0 Å². The fraction of sp³-hybridized carbons (Fsp3) is 0.667. The highest BCUT2D eigenvalue weighted by Crippen LogP contribution is 2.44. The van der Waals surface area contributed by atoms with Gasteiger partial charge in [0.25, 0.3) is 0 Å². The Morgan fingerprint density at radius 1 is 1.68 bits per heavy atom. The Balaban J connectivity index is 2.33. The minimum Gasteiger partial charge on any atom is -0.481 e. The summed E-state index contributed by atoms with van der Waals surface area (Å²) in [5.74, 6) is -1.53. The second kappa shape index (κ2) is 5.13. The molecule has 2 aliphatic heterocycles. The largest absolute Gasteiger partial charge is 0.481 e. The third kappa shape index (κ3) is 1.95. The molecule has 0 aromatic heterocycles. The molecule has 4 unspecified atom stereocenters. The molecule has 0 aliphatic carbocycles. The molecule has 0 bridgehead atoms. The summed E-state index contributed by atoms with van der Waals surface area (Å²) in [6.07, 6.45) is 0.379. The molecule has 2 fully saturated rings. The standard InChI is InChI=1S/C9H10Br2N2O5S/c10-1-9(8(16)17)2-13-5(15)4(12-3-14)6(13)19(18)7(9)11/h3-4,6-7H,1-2H2,(H,12,14)(H,16,17)/t4?,6-,7?,9?,19?/m1/s1. The van der Waals surface area contributed by atoms with Crippen molar-refractivity contribution in [2.75, 3.05) is 11.9 Å². The fourth-order valence-corrected chi connectivity index (χ4v) is 6.62. The van der Waals surface area contributed by atoms with Gasteiger partial charge in [0, 0.05) is 11.9 Å². The van der Waals surface area contributed by atoms with Crippen molar-refractivity contribution >= 4 is 60.9 Å². The van der Waals surface area contributed by atoms with E-state index in [9.17, 15) is 23.7 Å². The number of nitrogens with zero attached hydrogens (tertiary/aromatic N) is 1. The predicted molar refractivity (Wildman–Crippen MR) is 73.2 cm³/mol. The number of carboxylic acid groups (broad SMARTS) is 1. The van der Waals surface area contributed by atoms with Crippen molar-refractivity contribution < 1.29 is 23.7 Å². The molecule has 19 heavy (non-hydrogen) atoms.